The normalized spacial score (nSPS) is 12.6. The van der Waals surface area contributed by atoms with E-state index in [-0.39, 0.29) is 28.8 Å². The lowest BCUT2D eigenvalue weighted by atomic mass is 10.1. The number of hydrogen-bond acceptors (Lipinski definition) is 4. The van der Waals surface area contributed by atoms with Gasteiger partial charge in [0, 0.05) is 18.1 Å². The zero-order valence-electron chi connectivity index (χ0n) is 23.7. The number of nitrogens with zero attached hydrogens (tertiary/aromatic N) is 2. The Balaban J connectivity index is 2.13. The van der Waals surface area contributed by atoms with Crippen LogP contribution in [0.3, 0.4) is 0 Å². The average molecular weight is 659 g/mol. The predicted octanol–water partition coefficient (Wildman–Crippen LogP) is 6.79. The molecular formula is C30H32Cl2F3N3O4S. The van der Waals surface area contributed by atoms with Crippen molar-refractivity contribution < 1.29 is 31.2 Å². The maximum Gasteiger partial charge on any atom is 0.416 e. The lowest BCUT2D eigenvalue weighted by molar-refractivity contribution is -0.140. The van der Waals surface area contributed by atoms with Crippen molar-refractivity contribution in [3.63, 3.8) is 0 Å². The van der Waals surface area contributed by atoms with Crippen molar-refractivity contribution in [2.24, 2.45) is 5.92 Å². The second kappa shape index (κ2) is 14.5. The van der Waals surface area contributed by atoms with Gasteiger partial charge in [-0.1, -0.05) is 74.3 Å². The maximum atomic E-state index is 14.1. The van der Waals surface area contributed by atoms with Gasteiger partial charge in [0.2, 0.25) is 11.8 Å². The monoisotopic (exact) mass is 657 g/mol. The van der Waals surface area contributed by atoms with E-state index in [4.69, 9.17) is 23.2 Å². The summed E-state index contributed by atoms with van der Waals surface area (Å²) in [7, 11) is -4.60. The number of carbonyl (C=O) groups is 2. The number of carbonyl (C=O) groups excluding carboxylic acids is 2. The second-order valence-corrected chi connectivity index (χ2v) is 12.9. The molecule has 3 rings (SSSR count). The Kier molecular flexibility index (Phi) is 11.5. The van der Waals surface area contributed by atoms with E-state index in [2.05, 4.69) is 5.32 Å². The molecule has 0 saturated heterocycles. The van der Waals surface area contributed by atoms with E-state index in [1.807, 2.05) is 13.8 Å². The molecule has 3 aromatic carbocycles. The number of anilines is 1. The lowest BCUT2D eigenvalue weighted by Crippen LogP contribution is -2.52. The zero-order valence-corrected chi connectivity index (χ0v) is 26.1. The third kappa shape index (κ3) is 8.87. The first-order chi connectivity index (χ1) is 20.1. The summed E-state index contributed by atoms with van der Waals surface area (Å²) >= 11 is 12.3. The van der Waals surface area contributed by atoms with Crippen LogP contribution in [0, 0.1) is 5.92 Å². The van der Waals surface area contributed by atoms with Crippen LogP contribution in [0.1, 0.15) is 38.3 Å². The molecule has 1 N–H and O–H groups in total. The van der Waals surface area contributed by atoms with Crippen LogP contribution in [0.15, 0.2) is 77.7 Å². The van der Waals surface area contributed by atoms with Crippen LogP contribution in [-0.4, -0.2) is 44.3 Å². The molecule has 0 aliphatic rings. The van der Waals surface area contributed by atoms with Crippen molar-refractivity contribution >= 4 is 50.7 Å². The molecule has 0 radical (unpaired) electrons. The largest absolute Gasteiger partial charge is 0.416 e. The highest BCUT2D eigenvalue weighted by Crippen LogP contribution is 2.37. The van der Waals surface area contributed by atoms with Gasteiger partial charge in [-0.2, -0.15) is 13.2 Å². The summed E-state index contributed by atoms with van der Waals surface area (Å²) in [5, 5.41) is 2.94. The summed E-state index contributed by atoms with van der Waals surface area (Å²) < 4.78 is 69.3. The molecule has 2 amide bonds. The van der Waals surface area contributed by atoms with Crippen LogP contribution in [-0.2, 0) is 32.3 Å². The Bertz CT molecular complexity index is 1520. The molecule has 1 atom stereocenters. The average Bonchev–Trinajstić information content (AvgIpc) is 2.95. The highest BCUT2D eigenvalue weighted by molar-refractivity contribution is 7.92. The molecule has 0 saturated carbocycles. The highest BCUT2D eigenvalue weighted by Gasteiger charge is 2.37. The summed E-state index contributed by atoms with van der Waals surface area (Å²) in [6, 6.07) is 14.7. The standard InChI is InChI=1S/C30H32Cl2F3N3O4S/c1-4-26(29(40)36-17-20(2)3)37(18-21-10-13-23(31)14-11-21)28(39)19-38(43(41,42)24-8-6-5-7-9-24)27-16-22(30(33,34)35)12-15-25(27)32/h5-16,20,26H,4,17-19H2,1-3H3,(H,36,40)/t26-/m0/s1. The SMILES string of the molecule is CC[C@@H](C(=O)NCC(C)C)N(Cc1ccc(Cl)cc1)C(=O)CN(c1cc(C(F)(F)F)ccc1Cl)S(=O)(=O)c1ccccc1. The number of nitrogens with one attached hydrogen (secondary N) is 1. The molecule has 0 heterocycles. The third-order valence-electron chi connectivity index (χ3n) is 6.49. The highest BCUT2D eigenvalue weighted by atomic mass is 35.5. The van der Waals surface area contributed by atoms with E-state index in [0.717, 1.165) is 12.1 Å². The smallest absolute Gasteiger partial charge is 0.354 e. The van der Waals surface area contributed by atoms with Crippen LogP contribution in [0.25, 0.3) is 0 Å². The van der Waals surface area contributed by atoms with Crippen molar-refractivity contribution in [2.75, 3.05) is 17.4 Å². The number of alkyl halides is 3. The minimum atomic E-state index is -4.81. The van der Waals surface area contributed by atoms with Crippen LogP contribution in [0.5, 0.6) is 0 Å². The maximum absolute atomic E-state index is 14.1. The summed E-state index contributed by atoms with van der Waals surface area (Å²) in [5.74, 6) is -1.15. The molecular weight excluding hydrogens is 626 g/mol. The molecule has 3 aromatic rings. The fourth-order valence-electron chi connectivity index (χ4n) is 4.24. The van der Waals surface area contributed by atoms with Crippen molar-refractivity contribution in [3.8, 4) is 0 Å². The van der Waals surface area contributed by atoms with Gasteiger partial charge in [0.05, 0.1) is 21.2 Å². The van der Waals surface area contributed by atoms with Gasteiger partial charge in [-0.15, -0.1) is 0 Å². The van der Waals surface area contributed by atoms with E-state index >= 15 is 0 Å². The first-order valence-corrected chi connectivity index (χ1v) is 15.6. The summed E-state index contributed by atoms with van der Waals surface area (Å²) in [4.78, 5) is 28.3. The molecule has 7 nitrogen and oxygen atoms in total. The molecule has 0 aliphatic heterocycles. The van der Waals surface area contributed by atoms with Gasteiger partial charge in [0.25, 0.3) is 10.0 Å². The fourth-order valence-corrected chi connectivity index (χ4v) is 6.08. The van der Waals surface area contributed by atoms with E-state index in [0.29, 0.717) is 27.5 Å². The van der Waals surface area contributed by atoms with Crippen LogP contribution in [0.4, 0.5) is 18.9 Å². The minimum absolute atomic E-state index is 0.0981. The first kappa shape index (κ1) is 34.2. The van der Waals surface area contributed by atoms with Gasteiger partial charge in [-0.3, -0.25) is 13.9 Å². The van der Waals surface area contributed by atoms with Crippen molar-refractivity contribution in [1.82, 2.24) is 10.2 Å². The van der Waals surface area contributed by atoms with Crippen molar-refractivity contribution in [2.45, 2.75) is 50.9 Å². The molecule has 0 bridgehead atoms. The number of benzene rings is 3. The van der Waals surface area contributed by atoms with Crippen LogP contribution in [0.2, 0.25) is 10.0 Å². The lowest BCUT2D eigenvalue weighted by Gasteiger charge is -2.33. The predicted molar refractivity (Wildman–Crippen MR) is 161 cm³/mol. The topological polar surface area (TPSA) is 86.8 Å². The van der Waals surface area contributed by atoms with Crippen LogP contribution >= 0.6 is 23.2 Å². The van der Waals surface area contributed by atoms with Crippen molar-refractivity contribution in [3.05, 3.63) is 94.0 Å². The Morgan fingerprint density at radius 1 is 0.953 bits per heavy atom. The van der Waals surface area contributed by atoms with Gasteiger partial charge in [0.1, 0.15) is 12.6 Å². The van der Waals surface area contributed by atoms with Gasteiger partial charge in [-0.05, 0) is 60.4 Å². The number of halogens is 5. The second-order valence-electron chi connectivity index (χ2n) is 10.2. The van der Waals surface area contributed by atoms with Gasteiger partial charge < -0.3 is 10.2 Å². The fraction of sp³-hybridized carbons (Fsp3) is 0.333. The molecule has 43 heavy (non-hydrogen) atoms. The van der Waals surface area contributed by atoms with Gasteiger partial charge >= 0.3 is 6.18 Å². The van der Waals surface area contributed by atoms with Gasteiger partial charge in [-0.25, -0.2) is 8.42 Å². The van der Waals surface area contributed by atoms with E-state index in [9.17, 15) is 31.2 Å². The van der Waals surface area contributed by atoms with Gasteiger partial charge in [0.15, 0.2) is 0 Å². The molecule has 0 aromatic heterocycles. The molecule has 13 heteroatoms. The quantitative estimate of drug-likeness (QED) is 0.232. The summed E-state index contributed by atoms with van der Waals surface area (Å²) in [6.45, 7) is 4.82. The Hall–Kier alpha value is -3.28. The molecule has 0 aliphatic carbocycles. The number of hydrogen-bond donors (Lipinski definition) is 1. The molecule has 232 valence electrons. The minimum Gasteiger partial charge on any atom is -0.354 e. The number of amides is 2. The third-order valence-corrected chi connectivity index (χ3v) is 8.83. The Labute approximate surface area is 259 Å². The van der Waals surface area contributed by atoms with E-state index in [1.54, 1.807) is 37.3 Å². The van der Waals surface area contributed by atoms with Crippen molar-refractivity contribution in [1.29, 1.82) is 0 Å². The van der Waals surface area contributed by atoms with Crippen LogP contribution < -0.4 is 9.62 Å². The summed E-state index contributed by atoms with van der Waals surface area (Å²) in [6.07, 6.45) is -4.63. The molecule has 0 spiro atoms. The van der Waals surface area contributed by atoms with E-state index in [1.165, 1.54) is 29.2 Å². The molecule has 0 unspecified atom stereocenters. The molecule has 0 fully saturated rings. The summed E-state index contributed by atoms with van der Waals surface area (Å²) in [5.41, 5.74) is -1.08. The first-order valence-electron chi connectivity index (χ1n) is 13.4. The number of rotatable bonds is 12. The Morgan fingerprint density at radius 2 is 1.58 bits per heavy atom. The zero-order chi connectivity index (χ0) is 31.9. The Morgan fingerprint density at radius 3 is 2.14 bits per heavy atom. The van der Waals surface area contributed by atoms with E-state index < -0.39 is 51.9 Å². The number of sulfonamides is 1.